The number of hydrogen-bond acceptors (Lipinski definition) is 3. The Kier molecular flexibility index (Phi) is 3.85. The minimum absolute atomic E-state index is 0.166. The summed E-state index contributed by atoms with van der Waals surface area (Å²) < 4.78 is 26.3. The van der Waals surface area contributed by atoms with Crippen molar-refractivity contribution in [2.24, 2.45) is 0 Å². The number of nitrogens with one attached hydrogen (secondary N) is 1. The van der Waals surface area contributed by atoms with Gasteiger partial charge in [-0.05, 0) is 36.2 Å². The molecule has 0 aliphatic heterocycles. The molecule has 19 heavy (non-hydrogen) atoms. The molecule has 0 radical (unpaired) electrons. The summed E-state index contributed by atoms with van der Waals surface area (Å²) in [5.74, 6) is -2.96. The fourth-order valence-corrected chi connectivity index (χ4v) is 1.76. The van der Waals surface area contributed by atoms with E-state index >= 15 is 0 Å². The van der Waals surface area contributed by atoms with Gasteiger partial charge in [-0.15, -0.1) is 0 Å². The molecule has 0 fully saturated rings. The zero-order chi connectivity index (χ0) is 14.0. The number of rotatable bonds is 3. The molecule has 1 aromatic carbocycles. The highest BCUT2D eigenvalue weighted by Crippen LogP contribution is 2.24. The average molecular weight is 285 g/mol. The van der Waals surface area contributed by atoms with Crippen LogP contribution in [0.3, 0.4) is 0 Å². The predicted octanol–water partition coefficient (Wildman–Crippen LogP) is 3.64. The molecule has 0 spiro atoms. The van der Waals surface area contributed by atoms with E-state index in [0.717, 1.165) is 17.7 Å². The minimum atomic E-state index is -0.995. The Hall–Kier alpha value is -1.88. The molecular weight excluding hydrogens is 274 g/mol. The van der Waals surface area contributed by atoms with Crippen molar-refractivity contribution in [3.63, 3.8) is 0 Å². The van der Waals surface area contributed by atoms with Crippen LogP contribution >= 0.6 is 11.6 Å². The summed E-state index contributed by atoms with van der Waals surface area (Å²) in [6, 6.07) is 3.90. The molecule has 0 amide bonds. The van der Waals surface area contributed by atoms with Crippen molar-refractivity contribution in [2.45, 2.75) is 13.5 Å². The van der Waals surface area contributed by atoms with Crippen molar-refractivity contribution >= 4 is 17.3 Å². The molecule has 0 saturated heterocycles. The van der Waals surface area contributed by atoms with Crippen LogP contribution in [0.1, 0.15) is 11.1 Å². The van der Waals surface area contributed by atoms with Crippen LogP contribution in [0, 0.1) is 18.6 Å². The van der Waals surface area contributed by atoms with E-state index in [1.165, 1.54) is 0 Å². The lowest BCUT2D eigenvalue weighted by Crippen LogP contribution is -2.02. The van der Waals surface area contributed by atoms with Crippen LogP contribution in [-0.4, -0.2) is 10.1 Å². The predicted molar refractivity (Wildman–Crippen MR) is 69.3 cm³/mol. The molecule has 6 heteroatoms. The number of halogens is 3. The summed E-state index contributed by atoms with van der Waals surface area (Å²) >= 11 is 5.89. The summed E-state index contributed by atoms with van der Waals surface area (Å²) in [6.07, 6.45) is 1.62. The van der Waals surface area contributed by atoms with E-state index in [0.29, 0.717) is 11.3 Å². The van der Waals surface area contributed by atoms with Gasteiger partial charge in [-0.1, -0.05) is 11.6 Å². The monoisotopic (exact) mass is 284 g/mol. The SMILES string of the molecule is Cc1cnc(Cl)c(NCc2cc(F)c(O)c(F)c2)c1. The molecule has 0 atom stereocenters. The van der Waals surface area contributed by atoms with Gasteiger partial charge in [-0.3, -0.25) is 0 Å². The number of pyridine rings is 1. The second-order valence-corrected chi connectivity index (χ2v) is 4.47. The van der Waals surface area contributed by atoms with Crippen LogP contribution in [0.2, 0.25) is 5.15 Å². The highest BCUT2D eigenvalue weighted by atomic mass is 35.5. The van der Waals surface area contributed by atoms with E-state index in [9.17, 15) is 8.78 Å². The average Bonchev–Trinajstić information content (AvgIpc) is 2.37. The first-order chi connectivity index (χ1) is 8.97. The molecule has 1 aromatic heterocycles. The van der Waals surface area contributed by atoms with Crippen molar-refractivity contribution in [1.29, 1.82) is 0 Å². The van der Waals surface area contributed by atoms with Gasteiger partial charge in [0.2, 0.25) is 0 Å². The van der Waals surface area contributed by atoms with E-state index in [1.54, 1.807) is 12.3 Å². The van der Waals surface area contributed by atoms with Crippen LogP contribution < -0.4 is 5.32 Å². The number of phenols is 1. The largest absolute Gasteiger partial charge is 0.503 e. The summed E-state index contributed by atoms with van der Waals surface area (Å²) in [4.78, 5) is 3.95. The molecule has 2 N–H and O–H groups in total. The molecule has 0 unspecified atom stereocenters. The van der Waals surface area contributed by atoms with E-state index in [4.69, 9.17) is 16.7 Å². The van der Waals surface area contributed by atoms with E-state index < -0.39 is 17.4 Å². The molecule has 1 heterocycles. The van der Waals surface area contributed by atoms with Crippen molar-refractivity contribution in [3.8, 4) is 5.75 Å². The second-order valence-electron chi connectivity index (χ2n) is 4.11. The Labute approximate surface area is 113 Å². The number of anilines is 1. The van der Waals surface area contributed by atoms with Crippen molar-refractivity contribution in [2.75, 3.05) is 5.32 Å². The maximum atomic E-state index is 13.2. The lowest BCUT2D eigenvalue weighted by atomic mass is 10.2. The molecular formula is C13H11ClF2N2O. The third kappa shape index (κ3) is 3.12. The topological polar surface area (TPSA) is 45.2 Å². The first-order valence-corrected chi connectivity index (χ1v) is 5.88. The van der Waals surface area contributed by atoms with Crippen LogP contribution in [0.4, 0.5) is 14.5 Å². The van der Waals surface area contributed by atoms with Gasteiger partial charge in [0, 0.05) is 12.7 Å². The Balaban J connectivity index is 2.17. The van der Waals surface area contributed by atoms with Gasteiger partial charge in [0.25, 0.3) is 0 Å². The number of hydrogen-bond donors (Lipinski definition) is 2. The summed E-state index contributed by atoms with van der Waals surface area (Å²) in [5, 5.41) is 12.2. The van der Waals surface area contributed by atoms with E-state index in [1.807, 2.05) is 6.92 Å². The third-order valence-electron chi connectivity index (χ3n) is 2.54. The van der Waals surface area contributed by atoms with Gasteiger partial charge in [0.05, 0.1) is 5.69 Å². The third-order valence-corrected chi connectivity index (χ3v) is 2.84. The maximum Gasteiger partial charge on any atom is 0.187 e. The smallest absolute Gasteiger partial charge is 0.187 e. The zero-order valence-corrected chi connectivity index (χ0v) is 10.8. The fourth-order valence-electron chi connectivity index (χ4n) is 1.59. The second kappa shape index (κ2) is 5.40. The van der Waals surface area contributed by atoms with Crippen LogP contribution in [0.5, 0.6) is 5.75 Å². The number of nitrogens with zero attached hydrogens (tertiary/aromatic N) is 1. The Morgan fingerprint density at radius 2 is 1.89 bits per heavy atom. The lowest BCUT2D eigenvalue weighted by Gasteiger charge is -2.09. The van der Waals surface area contributed by atoms with Crippen molar-refractivity contribution in [3.05, 3.63) is 52.3 Å². The number of aromatic hydroxyl groups is 1. The minimum Gasteiger partial charge on any atom is -0.503 e. The zero-order valence-electron chi connectivity index (χ0n) is 10.0. The standard InChI is InChI=1S/C13H11ClF2N2O/c1-7-2-11(13(14)18-5-7)17-6-8-3-9(15)12(19)10(16)4-8/h2-5,17,19H,6H2,1H3. The van der Waals surface area contributed by atoms with Crippen LogP contribution in [0.25, 0.3) is 0 Å². The van der Waals surface area contributed by atoms with Gasteiger partial charge in [0.15, 0.2) is 22.5 Å². The van der Waals surface area contributed by atoms with Crippen LogP contribution in [-0.2, 0) is 6.54 Å². The molecule has 2 rings (SSSR count). The van der Waals surface area contributed by atoms with E-state index in [-0.39, 0.29) is 11.7 Å². The highest BCUT2D eigenvalue weighted by molar-refractivity contribution is 6.31. The molecule has 0 bridgehead atoms. The molecule has 0 aliphatic carbocycles. The first kappa shape index (κ1) is 13.5. The maximum absolute atomic E-state index is 13.2. The quantitative estimate of drug-likeness (QED) is 0.846. The summed E-state index contributed by atoms with van der Waals surface area (Å²) in [6.45, 7) is 2.02. The number of aromatic nitrogens is 1. The lowest BCUT2D eigenvalue weighted by molar-refractivity contribution is 0.395. The Morgan fingerprint density at radius 1 is 1.26 bits per heavy atom. The van der Waals surface area contributed by atoms with Gasteiger partial charge in [0.1, 0.15) is 0 Å². The fraction of sp³-hybridized carbons (Fsp3) is 0.154. The Morgan fingerprint density at radius 3 is 2.53 bits per heavy atom. The summed E-state index contributed by atoms with van der Waals surface area (Å²) in [5.41, 5.74) is 1.84. The normalized spacial score (nSPS) is 10.5. The van der Waals surface area contributed by atoms with Gasteiger partial charge in [-0.2, -0.15) is 0 Å². The van der Waals surface area contributed by atoms with Crippen LogP contribution in [0.15, 0.2) is 24.4 Å². The van der Waals surface area contributed by atoms with Crippen molar-refractivity contribution < 1.29 is 13.9 Å². The Bertz CT molecular complexity index is 597. The number of phenolic OH excluding ortho intramolecular Hbond substituents is 1. The van der Waals surface area contributed by atoms with Gasteiger partial charge < -0.3 is 10.4 Å². The molecule has 3 nitrogen and oxygen atoms in total. The molecule has 100 valence electrons. The van der Waals surface area contributed by atoms with E-state index in [2.05, 4.69) is 10.3 Å². The first-order valence-electron chi connectivity index (χ1n) is 5.50. The molecule has 0 aliphatic rings. The number of aryl methyl sites for hydroxylation is 1. The number of benzene rings is 1. The molecule has 2 aromatic rings. The summed E-state index contributed by atoms with van der Waals surface area (Å²) in [7, 11) is 0. The molecule has 0 saturated carbocycles. The van der Waals surface area contributed by atoms with Gasteiger partial charge >= 0.3 is 0 Å². The highest BCUT2D eigenvalue weighted by Gasteiger charge is 2.10. The van der Waals surface area contributed by atoms with Crippen molar-refractivity contribution in [1.82, 2.24) is 4.98 Å². The van der Waals surface area contributed by atoms with Gasteiger partial charge in [-0.25, -0.2) is 13.8 Å².